The lowest BCUT2D eigenvalue weighted by Crippen LogP contribution is -2.41. The Hall–Kier alpha value is -2.00. The number of sulfonamides is 1. The van der Waals surface area contributed by atoms with Crippen molar-refractivity contribution in [3.63, 3.8) is 0 Å². The zero-order valence-corrected chi connectivity index (χ0v) is 16.5. The van der Waals surface area contributed by atoms with Crippen LogP contribution in [0.4, 0.5) is 4.79 Å². The number of hydrogen-bond acceptors (Lipinski definition) is 5. The Labute approximate surface area is 155 Å². The van der Waals surface area contributed by atoms with Gasteiger partial charge in [-0.15, -0.1) is 0 Å². The van der Waals surface area contributed by atoms with Gasteiger partial charge >= 0.3 is 6.03 Å². The molecule has 0 spiro atoms. The Balaban J connectivity index is 1.95. The van der Waals surface area contributed by atoms with E-state index in [1.165, 1.54) is 14.1 Å². The van der Waals surface area contributed by atoms with E-state index in [-0.39, 0.29) is 24.2 Å². The second-order valence-corrected chi connectivity index (χ2v) is 8.67. The summed E-state index contributed by atoms with van der Waals surface area (Å²) in [6.07, 6.45) is 0.812. The third kappa shape index (κ3) is 4.79. The van der Waals surface area contributed by atoms with E-state index >= 15 is 0 Å². The van der Waals surface area contributed by atoms with Gasteiger partial charge in [0.05, 0.1) is 20.0 Å². The number of likely N-dealkylation sites (tertiary alicyclic amines) is 1. The van der Waals surface area contributed by atoms with Crippen molar-refractivity contribution in [2.24, 2.45) is 0 Å². The fraction of sp³-hybridized carbons (Fsp3) is 0.588. The highest BCUT2D eigenvalue weighted by molar-refractivity contribution is 7.89. The van der Waals surface area contributed by atoms with E-state index in [4.69, 9.17) is 9.47 Å². The van der Waals surface area contributed by atoms with Gasteiger partial charge in [-0.1, -0.05) is 0 Å². The molecule has 8 nitrogen and oxygen atoms in total. The van der Waals surface area contributed by atoms with Gasteiger partial charge in [0.1, 0.15) is 11.5 Å². The number of benzene rings is 1. The minimum atomic E-state index is -3.32. The van der Waals surface area contributed by atoms with E-state index in [9.17, 15) is 13.2 Å². The van der Waals surface area contributed by atoms with Crippen molar-refractivity contribution in [2.45, 2.75) is 12.3 Å². The molecule has 146 valence electrons. The van der Waals surface area contributed by atoms with E-state index in [1.54, 1.807) is 19.1 Å². The molecule has 0 bridgehead atoms. The SMILES string of the molecule is COc1ccc(OC)c([C@H]2CCN(C(=O)NCCS(=O)(=O)N(C)C)C2)c1. The van der Waals surface area contributed by atoms with E-state index in [0.29, 0.717) is 13.1 Å². The van der Waals surface area contributed by atoms with Crippen LogP contribution in [-0.2, 0) is 10.0 Å². The van der Waals surface area contributed by atoms with Crippen LogP contribution in [0.15, 0.2) is 18.2 Å². The summed E-state index contributed by atoms with van der Waals surface area (Å²) >= 11 is 0. The second-order valence-electron chi connectivity index (χ2n) is 6.37. The topological polar surface area (TPSA) is 88.2 Å². The lowest BCUT2D eigenvalue weighted by molar-refractivity contribution is 0.209. The van der Waals surface area contributed by atoms with Crippen molar-refractivity contribution >= 4 is 16.1 Å². The molecule has 26 heavy (non-hydrogen) atoms. The first-order valence-corrected chi connectivity index (χ1v) is 10.0. The molecule has 1 heterocycles. The number of nitrogens with one attached hydrogen (secondary N) is 1. The van der Waals surface area contributed by atoms with Gasteiger partial charge < -0.3 is 19.7 Å². The quantitative estimate of drug-likeness (QED) is 0.759. The van der Waals surface area contributed by atoms with Crippen LogP contribution < -0.4 is 14.8 Å². The van der Waals surface area contributed by atoms with Gasteiger partial charge in [-0.05, 0) is 24.6 Å². The van der Waals surface area contributed by atoms with Crippen LogP contribution in [0.3, 0.4) is 0 Å². The Morgan fingerprint density at radius 3 is 2.65 bits per heavy atom. The summed E-state index contributed by atoms with van der Waals surface area (Å²) in [4.78, 5) is 14.0. The van der Waals surface area contributed by atoms with Crippen LogP contribution in [0.1, 0.15) is 17.9 Å². The van der Waals surface area contributed by atoms with Crippen LogP contribution in [0.25, 0.3) is 0 Å². The van der Waals surface area contributed by atoms with Crippen molar-refractivity contribution in [3.8, 4) is 11.5 Å². The summed E-state index contributed by atoms with van der Waals surface area (Å²) in [5.41, 5.74) is 1.01. The number of ether oxygens (including phenoxy) is 2. The molecule has 0 aromatic heterocycles. The van der Waals surface area contributed by atoms with Gasteiger partial charge in [0, 0.05) is 45.2 Å². The van der Waals surface area contributed by atoms with E-state index in [0.717, 1.165) is 27.8 Å². The lowest BCUT2D eigenvalue weighted by Gasteiger charge is -2.19. The molecule has 1 aliphatic rings. The third-order valence-corrected chi connectivity index (χ3v) is 6.38. The van der Waals surface area contributed by atoms with Crippen molar-refractivity contribution in [1.82, 2.24) is 14.5 Å². The summed E-state index contributed by atoms with van der Waals surface area (Å²) in [6.45, 7) is 1.25. The van der Waals surface area contributed by atoms with E-state index in [2.05, 4.69) is 5.32 Å². The molecule has 0 radical (unpaired) electrons. The number of urea groups is 1. The predicted octanol–water partition coefficient (Wildman–Crippen LogP) is 1.09. The van der Waals surface area contributed by atoms with Crippen molar-refractivity contribution < 1.29 is 22.7 Å². The normalized spacial score (nSPS) is 17.4. The number of methoxy groups -OCH3 is 2. The first kappa shape index (κ1) is 20.3. The molecule has 1 aliphatic heterocycles. The van der Waals surface area contributed by atoms with E-state index < -0.39 is 10.0 Å². The fourth-order valence-corrected chi connectivity index (χ4v) is 3.66. The average Bonchev–Trinajstić information content (AvgIpc) is 3.10. The fourth-order valence-electron chi connectivity index (χ4n) is 2.94. The van der Waals surface area contributed by atoms with Gasteiger partial charge in [-0.2, -0.15) is 0 Å². The lowest BCUT2D eigenvalue weighted by atomic mass is 9.97. The number of carbonyl (C=O) groups excluding carboxylic acids is 1. The van der Waals surface area contributed by atoms with Gasteiger partial charge in [0.2, 0.25) is 10.0 Å². The highest BCUT2D eigenvalue weighted by Gasteiger charge is 2.29. The first-order chi connectivity index (χ1) is 12.3. The minimum Gasteiger partial charge on any atom is -0.497 e. The molecule has 1 fully saturated rings. The maximum Gasteiger partial charge on any atom is 0.317 e. The van der Waals surface area contributed by atoms with Gasteiger partial charge in [-0.25, -0.2) is 17.5 Å². The summed E-state index contributed by atoms with van der Waals surface area (Å²) in [5.74, 6) is 1.55. The third-order valence-electron chi connectivity index (χ3n) is 4.54. The van der Waals surface area contributed by atoms with Crippen LogP contribution in [-0.4, -0.2) is 77.4 Å². The molecular formula is C17H27N3O5S. The van der Waals surface area contributed by atoms with Crippen LogP contribution in [0.2, 0.25) is 0 Å². The van der Waals surface area contributed by atoms with Crippen molar-refractivity contribution in [3.05, 3.63) is 23.8 Å². The Bertz CT molecular complexity index is 736. The smallest absolute Gasteiger partial charge is 0.317 e. The molecule has 1 atom stereocenters. The zero-order chi connectivity index (χ0) is 19.3. The maximum absolute atomic E-state index is 12.3. The summed E-state index contributed by atoms with van der Waals surface area (Å²) in [7, 11) is 2.87. The molecule has 0 aliphatic carbocycles. The number of amides is 2. The van der Waals surface area contributed by atoms with E-state index in [1.807, 2.05) is 18.2 Å². The number of hydrogen-bond donors (Lipinski definition) is 1. The highest BCUT2D eigenvalue weighted by atomic mass is 32.2. The largest absolute Gasteiger partial charge is 0.497 e. The Kier molecular flexibility index (Phi) is 6.71. The maximum atomic E-state index is 12.3. The highest BCUT2D eigenvalue weighted by Crippen LogP contribution is 2.35. The Morgan fingerprint density at radius 2 is 2.04 bits per heavy atom. The van der Waals surface area contributed by atoms with Crippen LogP contribution >= 0.6 is 0 Å². The first-order valence-electron chi connectivity index (χ1n) is 8.43. The van der Waals surface area contributed by atoms with Gasteiger partial charge in [-0.3, -0.25) is 0 Å². The summed E-state index contributed by atoms with van der Waals surface area (Å²) in [6, 6.07) is 5.40. The Morgan fingerprint density at radius 1 is 1.31 bits per heavy atom. The molecular weight excluding hydrogens is 358 g/mol. The molecule has 1 N–H and O–H groups in total. The summed E-state index contributed by atoms with van der Waals surface area (Å²) < 4.78 is 35.3. The number of rotatable bonds is 7. The molecule has 2 amide bonds. The van der Waals surface area contributed by atoms with Gasteiger partial charge in [0.15, 0.2) is 0 Å². The number of carbonyl (C=O) groups is 1. The van der Waals surface area contributed by atoms with Crippen molar-refractivity contribution in [2.75, 3.05) is 53.7 Å². The predicted molar refractivity (Wildman–Crippen MR) is 99.3 cm³/mol. The van der Waals surface area contributed by atoms with Gasteiger partial charge in [0.25, 0.3) is 0 Å². The molecule has 1 saturated heterocycles. The number of nitrogens with zero attached hydrogens (tertiary/aromatic N) is 2. The molecule has 1 aromatic carbocycles. The second kappa shape index (κ2) is 8.59. The standard InChI is InChI=1S/C17H27N3O5S/c1-19(2)26(22,23)10-8-18-17(21)20-9-7-13(12-20)15-11-14(24-3)5-6-16(15)25-4/h5-6,11,13H,7-10,12H2,1-4H3,(H,18,21)/t13-/m0/s1. The molecule has 0 saturated carbocycles. The van der Waals surface area contributed by atoms with Crippen molar-refractivity contribution in [1.29, 1.82) is 0 Å². The average molecular weight is 385 g/mol. The summed E-state index contributed by atoms with van der Waals surface area (Å²) in [5, 5.41) is 2.68. The molecule has 1 aromatic rings. The van der Waals surface area contributed by atoms with Crippen LogP contribution in [0, 0.1) is 0 Å². The molecule has 2 rings (SSSR count). The molecule has 9 heteroatoms. The zero-order valence-electron chi connectivity index (χ0n) is 15.7. The molecule has 0 unspecified atom stereocenters. The minimum absolute atomic E-state index is 0.0863. The monoisotopic (exact) mass is 385 g/mol. The van der Waals surface area contributed by atoms with Crippen LogP contribution in [0.5, 0.6) is 11.5 Å².